The van der Waals surface area contributed by atoms with E-state index in [4.69, 9.17) is 9.47 Å². The smallest absolute Gasteiger partial charge is 0.334 e. The molecule has 2 atom stereocenters. The van der Waals surface area contributed by atoms with Crippen molar-refractivity contribution in [2.75, 3.05) is 47.5 Å². The van der Waals surface area contributed by atoms with Gasteiger partial charge in [-0.3, -0.25) is 9.59 Å². The summed E-state index contributed by atoms with van der Waals surface area (Å²) in [5.74, 6) is 0.468. The summed E-state index contributed by atoms with van der Waals surface area (Å²) in [5.41, 5.74) is 1.88. The highest BCUT2D eigenvalue weighted by molar-refractivity contribution is 5.91. The zero-order valence-electron chi connectivity index (χ0n) is 21.6. The third-order valence-electron chi connectivity index (χ3n) is 6.80. The van der Waals surface area contributed by atoms with Gasteiger partial charge in [0, 0.05) is 40.3 Å². The van der Waals surface area contributed by atoms with E-state index in [-0.39, 0.29) is 30.9 Å². The topological polar surface area (TPSA) is 94.7 Å². The molecular weight excluding hydrogens is 474 g/mol. The van der Waals surface area contributed by atoms with Crippen molar-refractivity contribution in [2.24, 2.45) is 0 Å². The van der Waals surface area contributed by atoms with Crippen LogP contribution in [0.3, 0.4) is 0 Å². The third-order valence-corrected chi connectivity index (χ3v) is 6.80. The van der Waals surface area contributed by atoms with Gasteiger partial charge in [-0.25, -0.2) is 14.8 Å². The number of hydrazine groups is 1. The lowest BCUT2D eigenvalue weighted by atomic mass is 9.98. The molecule has 2 heterocycles. The molecule has 37 heavy (non-hydrogen) atoms. The number of likely N-dealkylation sites (N-methyl/N-ethyl adjacent to an activating group) is 1. The van der Waals surface area contributed by atoms with Gasteiger partial charge in [0.2, 0.25) is 11.8 Å². The van der Waals surface area contributed by atoms with Gasteiger partial charge in [0.1, 0.15) is 18.0 Å². The summed E-state index contributed by atoms with van der Waals surface area (Å²) in [6.07, 6.45) is 0.435. The highest BCUT2D eigenvalue weighted by atomic mass is 16.5. The van der Waals surface area contributed by atoms with Crippen molar-refractivity contribution in [3.05, 3.63) is 65.7 Å². The summed E-state index contributed by atoms with van der Waals surface area (Å²) in [4.78, 5) is 43.7. The Kier molecular flexibility index (Phi) is 8.62. The molecule has 0 bridgehead atoms. The highest BCUT2D eigenvalue weighted by Crippen LogP contribution is 2.28. The SMILES string of the molecule is COCCCN1CC2N(C(=O)CN(C)N2C(=O)NCc2ccc(OC)cc2)C(Cc2ccccc2)C1=O. The maximum absolute atomic E-state index is 13.6. The first-order chi connectivity index (χ1) is 17.9. The minimum atomic E-state index is -0.693. The number of nitrogens with zero attached hydrogens (tertiary/aromatic N) is 4. The van der Waals surface area contributed by atoms with E-state index in [0.717, 1.165) is 16.9 Å². The van der Waals surface area contributed by atoms with Crippen LogP contribution < -0.4 is 10.1 Å². The molecule has 10 nitrogen and oxygen atoms in total. The van der Waals surface area contributed by atoms with Crippen molar-refractivity contribution in [2.45, 2.75) is 31.6 Å². The molecule has 2 aromatic rings. The van der Waals surface area contributed by atoms with Gasteiger partial charge in [-0.15, -0.1) is 0 Å². The number of rotatable bonds is 9. The van der Waals surface area contributed by atoms with Crippen LogP contribution in [-0.2, 0) is 27.3 Å². The highest BCUT2D eigenvalue weighted by Gasteiger charge is 2.50. The number of fused-ring (bicyclic) bond motifs is 1. The van der Waals surface area contributed by atoms with Gasteiger partial charge in [-0.2, -0.15) is 0 Å². The Balaban J connectivity index is 1.57. The molecule has 0 aliphatic carbocycles. The molecule has 2 aliphatic rings. The number of hydrogen-bond acceptors (Lipinski definition) is 6. The fourth-order valence-electron chi connectivity index (χ4n) is 4.95. The first-order valence-corrected chi connectivity index (χ1v) is 12.5. The maximum atomic E-state index is 13.6. The number of benzene rings is 2. The molecule has 0 radical (unpaired) electrons. The van der Waals surface area contributed by atoms with Crippen molar-refractivity contribution in [1.29, 1.82) is 0 Å². The fourth-order valence-corrected chi connectivity index (χ4v) is 4.95. The lowest BCUT2D eigenvalue weighted by molar-refractivity contribution is -0.187. The molecule has 198 valence electrons. The second kappa shape index (κ2) is 12.1. The van der Waals surface area contributed by atoms with Crippen LogP contribution in [0.4, 0.5) is 4.79 Å². The number of carbonyl (C=O) groups excluding carboxylic acids is 3. The zero-order valence-corrected chi connectivity index (χ0v) is 21.6. The van der Waals surface area contributed by atoms with E-state index >= 15 is 0 Å². The average Bonchev–Trinajstić information content (AvgIpc) is 2.90. The van der Waals surface area contributed by atoms with E-state index in [0.29, 0.717) is 32.5 Å². The van der Waals surface area contributed by atoms with Gasteiger partial charge in [-0.05, 0) is 29.7 Å². The third kappa shape index (κ3) is 6.03. The van der Waals surface area contributed by atoms with Crippen LogP contribution in [0.25, 0.3) is 0 Å². The average molecular weight is 510 g/mol. The van der Waals surface area contributed by atoms with Gasteiger partial charge in [0.25, 0.3) is 0 Å². The van der Waals surface area contributed by atoms with Crippen LogP contribution in [0.5, 0.6) is 5.75 Å². The van der Waals surface area contributed by atoms with Crippen LogP contribution in [0.15, 0.2) is 54.6 Å². The Morgan fingerprint density at radius 3 is 2.43 bits per heavy atom. The Morgan fingerprint density at radius 1 is 1.03 bits per heavy atom. The predicted octanol–water partition coefficient (Wildman–Crippen LogP) is 1.71. The molecule has 2 aromatic carbocycles. The second-order valence-corrected chi connectivity index (χ2v) is 9.28. The minimum absolute atomic E-state index is 0.00863. The van der Waals surface area contributed by atoms with Crippen molar-refractivity contribution in [1.82, 2.24) is 25.1 Å². The molecule has 4 amide bonds. The molecule has 2 saturated heterocycles. The van der Waals surface area contributed by atoms with Crippen LogP contribution in [0.2, 0.25) is 0 Å². The van der Waals surface area contributed by atoms with E-state index in [1.54, 1.807) is 41.1 Å². The molecule has 2 fully saturated rings. The Hall–Kier alpha value is -3.63. The number of ether oxygens (including phenoxy) is 2. The number of piperazine rings is 1. The van der Waals surface area contributed by atoms with Gasteiger partial charge in [0.05, 0.1) is 20.2 Å². The van der Waals surface area contributed by atoms with E-state index in [1.807, 2.05) is 54.6 Å². The van der Waals surface area contributed by atoms with Gasteiger partial charge in [0.15, 0.2) is 0 Å². The van der Waals surface area contributed by atoms with Crippen molar-refractivity contribution in [3.8, 4) is 5.75 Å². The number of carbonyl (C=O) groups is 3. The largest absolute Gasteiger partial charge is 0.497 e. The normalized spacial score (nSPS) is 20.1. The molecular formula is C27H35N5O5. The minimum Gasteiger partial charge on any atom is -0.497 e. The number of hydrogen-bond donors (Lipinski definition) is 1. The summed E-state index contributed by atoms with van der Waals surface area (Å²) in [6, 6.07) is 16.1. The van der Waals surface area contributed by atoms with Crippen LogP contribution in [0, 0.1) is 0 Å². The monoisotopic (exact) mass is 509 g/mol. The lowest BCUT2D eigenvalue weighted by Gasteiger charge is -2.54. The zero-order chi connectivity index (χ0) is 26.4. The van der Waals surface area contributed by atoms with Crippen molar-refractivity contribution >= 4 is 17.8 Å². The van der Waals surface area contributed by atoms with E-state index in [1.165, 1.54) is 0 Å². The Morgan fingerprint density at radius 2 is 1.76 bits per heavy atom. The van der Waals surface area contributed by atoms with Crippen LogP contribution in [0.1, 0.15) is 17.5 Å². The standard InChI is InChI=1S/C27H35N5O5/c1-29-19-25(33)31-23(16-20-8-5-4-6-9-20)26(34)30(14-7-15-36-2)18-24(31)32(29)27(35)28-17-21-10-12-22(37-3)13-11-21/h4-6,8-13,23-24H,7,14-19H2,1-3H3,(H,28,35). The van der Waals surface area contributed by atoms with Gasteiger partial charge >= 0.3 is 6.03 Å². The van der Waals surface area contributed by atoms with Gasteiger partial charge < -0.3 is 24.6 Å². The molecule has 0 saturated carbocycles. The Bertz CT molecular complexity index is 1080. The summed E-state index contributed by atoms with van der Waals surface area (Å²) >= 11 is 0. The predicted molar refractivity (Wildman–Crippen MR) is 137 cm³/mol. The van der Waals surface area contributed by atoms with Gasteiger partial charge in [-0.1, -0.05) is 42.5 Å². The van der Waals surface area contributed by atoms with E-state index < -0.39 is 12.2 Å². The van der Waals surface area contributed by atoms with Crippen LogP contribution in [-0.4, -0.2) is 97.4 Å². The van der Waals surface area contributed by atoms with E-state index in [9.17, 15) is 14.4 Å². The summed E-state index contributed by atoms with van der Waals surface area (Å²) in [5, 5.41) is 6.17. The number of methoxy groups -OCH3 is 2. The fraction of sp³-hybridized carbons (Fsp3) is 0.444. The van der Waals surface area contributed by atoms with E-state index in [2.05, 4.69) is 5.32 Å². The van der Waals surface area contributed by atoms with Crippen LogP contribution >= 0.6 is 0 Å². The summed E-state index contributed by atoms with van der Waals surface area (Å²) in [6.45, 7) is 1.57. The molecule has 2 unspecified atom stereocenters. The summed E-state index contributed by atoms with van der Waals surface area (Å²) in [7, 11) is 4.95. The number of amides is 4. The second-order valence-electron chi connectivity index (χ2n) is 9.28. The number of nitrogens with one attached hydrogen (secondary N) is 1. The molecule has 2 aliphatic heterocycles. The first kappa shape index (κ1) is 26.4. The lowest BCUT2D eigenvalue weighted by Crippen LogP contribution is -2.76. The Labute approximate surface area is 217 Å². The molecule has 4 rings (SSSR count). The molecule has 0 aromatic heterocycles. The van der Waals surface area contributed by atoms with Crippen molar-refractivity contribution in [3.63, 3.8) is 0 Å². The van der Waals surface area contributed by atoms with Crippen molar-refractivity contribution < 1.29 is 23.9 Å². The maximum Gasteiger partial charge on any atom is 0.334 e. The first-order valence-electron chi connectivity index (χ1n) is 12.5. The molecule has 1 N–H and O–H groups in total. The molecule has 10 heteroatoms. The molecule has 0 spiro atoms. The summed E-state index contributed by atoms with van der Waals surface area (Å²) < 4.78 is 10.4. The quantitative estimate of drug-likeness (QED) is 0.518. The number of urea groups is 1.